The average Bonchev–Trinajstić information content (AvgIpc) is 2.75. The number of benzene rings is 2. The van der Waals surface area contributed by atoms with Crippen molar-refractivity contribution in [2.45, 2.75) is 25.9 Å². The fourth-order valence-corrected chi connectivity index (χ4v) is 5.01. The van der Waals surface area contributed by atoms with Crippen molar-refractivity contribution >= 4 is 38.9 Å². The highest BCUT2D eigenvalue weighted by atomic mass is 35.5. The van der Waals surface area contributed by atoms with E-state index < -0.39 is 16.1 Å². The normalized spacial score (nSPS) is 15.4. The van der Waals surface area contributed by atoms with Crippen LogP contribution in [-0.2, 0) is 26.1 Å². The molecule has 1 heterocycles. The number of anilines is 2. The summed E-state index contributed by atoms with van der Waals surface area (Å²) in [7, 11) is -3.69. The van der Waals surface area contributed by atoms with Gasteiger partial charge >= 0.3 is 0 Å². The van der Waals surface area contributed by atoms with Gasteiger partial charge in [-0.05, 0) is 42.3 Å². The molecule has 1 aliphatic heterocycles. The molecule has 1 atom stereocenters. The summed E-state index contributed by atoms with van der Waals surface area (Å²) in [4.78, 5) is 15.2. The van der Waals surface area contributed by atoms with Crippen molar-refractivity contribution in [1.82, 2.24) is 5.32 Å². The SMILES string of the molecule is CCC(C(=O)NCc1ccc(N2CCOCC2)cc1)N(c1cccc(Cl)c1)S(C)(=O)=O. The third-order valence-electron chi connectivity index (χ3n) is 5.17. The van der Waals surface area contributed by atoms with Gasteiger partial charge in [0.1, 0.15) is 6.04 Å². The van der Waals surface area contributed by atoms with Crippen molar-refractivity contribution in [3.63, 3.8) is 0 Å². The molecule has 1 aliphatic rings. The number of sulfonamides is 1. The molecular weight excluding hydrogens is 438 g/mol. The fraction of sp³-hybridized carbons (Fsp3) is 0.409. The van der Waals surface area contributed by atoms with Crippen molar-refractivity contribution < 1.29 is 17.9 Å². The topological polar surface area (TPSA) is 79.0 Å². The number of hydrogen-bond donors (Lipinski definition) is 1. The smallest absolute Gasteiger partial charge is 0.244 e. The number of halogens is 1. The van der Waals surface area contributed by atoms with Gasteiger partial charge in [0.2, 0.25) is 15.9 Å². The highest BCUT2D eigenvalue weighted by Crippen LogP contribution is 2.25. The van der Waals surface area contributed by atoms with E-state index in [4.69, 9.17) is 16.3 Å². The maximum atomic E-state index is 12.9. The third kappa shape index (κ3) is 6.12. The quantitative estimate of drug-likeness (QED) is 0.648. The molecule has 2 aromatic rings. The lowest BCUT2D eigenvalue weighted by Crippen LogP contribution is -2.49. The van der Waals surface area contributed by atoms with Crippen LogP contribution in [-0.4, -0.2) is 52.9 Å². The molecule has 0 spiro atoms. The zero-order valence-electron chi connectivity index (χ0n) is 17.8. The molecule has 0 aromatic heterocycles. The Hall–Kier alpha value is -2.29. The molecule has 7 nitrogen and oxygen atoms in total. The van der Waals surface area contributed by atoms with E-state index in [0.717, 1.165) is 48.1 Å². The van der Waals surface area contributed by atoms with Gasteiger partial charge < -0.3 is 15.0 Å². The Morgan fingerprint density at radius 3 is 2.45 bits per heavy atom. The number of nitrogens with zero attached hydrogens (tertiary/aromatic N) is 2. The largest absolute Gasteiger partial charge is 0.378 e. The van der Waals surface area contributed by atoms with Crippen molar-refractivity contribution in [2.24, 2.45) is 0 Å². The number of carbonyl (C=O) groups is 1. The first-order chi connectivity index (χ1) is 14.8. The van der Waals surface area contributed by atoms with Gasteiger partial charge in [-0.2, -0.15) is 0 Å². The second kappa shape index (κ2) is 10.3. The molecule has 3 rings (SSSR count). The molecule has 1 N–H and O–H groups in total. The van der Waals surface area contributed by atoms with Crippen molar-refractivity contribution in [1.29, 1.82) is 0 Å². The molecule has 168 valence electrons. The van der Waals surface area contributed by atoms with Crippen LogP contribution in [0.1, 0.15) is 18.9 Å². The molecule has 2 aromatic carbocycles. The van der Waals surface area contributed by atoms with Gasteiger partial charge in [0.15, 0.2) is 0 Å². The van der Waals surface area contributed by atoms with Crippen molar-refractivity contribution in [3.05, 3.63) is 59.1 Å². The van der Waals surface area contributed by atoms with E-state index in [2.05, 4.69) is 10.2 Å². The maximum absolute atomic E-state index is 12.9. The minimum absolute atomic E-state index is 0.311. The van der Waals surface area contributed by atoms with Gasteiger partial charge in [-0.25, -0.2) is 8.42 Å². The van der Waals surface area contributed by atoms with E-state index in [1.165, 1.54) is 0 Å². The number of rotatable bonds is 8. The van der Waals surface area contributed by atoms with Gasteiger partial charge in [0.25, 0.3) is 0 Å². The third-order valence-corrected chi connectivity index (χ3v) is 6.59. The number of carbonyl (C=O) groups excluding carboxylic acids is 1. The number of morpholine rings is 1. The second-order valence-electron chi connectivity index (χ2n) is 7.45. The lowest BCUT2D eigenvalue weighted by Gasteiger charge is -2.30. The van der Waals surface area contributed by atoms with Crippen LogP contribution in [0.15, 0.2) is 48.5 Å². The summed E-state index contributed by atoms with van der Waals surface area (Å²) in [5.41, 5.74) is 2.43. The lowest BCUT2D eigenvalue weighted by molar-refractivity contribution is -0.122. The first-order valence-corrected chi connectivity index (χ1v) is 12.5. The summed E-state index contributed by atoms with van der Waals surface area (Å²) >= 11 is 6.04. The summed E-state index contributed by atoms with van der Waals surface area (Å²) in [6.45, 7) is 5.26. The average molecular weight is 466 g/mol. The summed E-state index contributed by atoms with van der Waals surface area (Å²) in [5.74, 6) is -0.356. The predicted molar refractivity (Wildman–Crippen MR) is 124 cm³/mol. The monoisotopic (exact) mass is 465 g/mol. The van der Waals surface area contributed by atoms with Crippen LogP contribution < -0.4 is 14.5 Å². The van der Waals surface area contributed by atoms with Crippen LogP contribution in [0.2, 0.25) is 5.02 Å². The first-order valence-electron chi connectivity index (χ1n) is 10.2. The Balaban J connectivity index is 1.69. The van der Waals surface area contributed by atoms with E-state index in [9.17, 15) is 13.2 Å². The van der Waals surface area contributed by atoms with Gasteiger partial charge in [-0.1, -0.05) is 36.7 Å². The molecule has 0 saturated carbocycles. The fourth-order valence-electron chi connectivity index (χ4n) is 3.63. The molecule has 1 fully saturated rings. The Morgan fingerprint density at radius 2 is 1.87 bits per heavy atom. The zero-order valence-corrected chi connectivity index (χ0v) is 19.3. The predicted octanol–water partition coefficient (Wildman–Crippen LogP) is 3.04. The van der Waals surface area contributed by atoms with Crippen LogP contribution in [0.4, 0.5) is 11.4 Å². The highest BCUT2D eigenvalue weighted by Gasteiger charge is 2.31. The zero-order chi connectivity index (χ0) is 22.4. The second-order valence-corrected chi connectivity index (χ2v) is 9.74. The first kappa shape index (κ1) is 23.4. The molecule has 9 heteroatoms. The van der Waals surface area contributed by atoms with Gasteiger partial charge in [-0.3, -0.25) is 9.10 Å². The Kier molecular flexibility index (Phi) is 7.80. The summed E-state index contributed by atoms with van der Waals surface area (Å²) in [6.07, 6.45) is 1.41. The van der Waals surface area contributed by atoms with Gasteiger partial charge in [0, 0.05) is 30.3 Å². The Labute approximate surface area is 189 Å². The minimum atomic E-state index is -3.69. The van der Waals surface area contributed by atoms with Crippen LogP contribution in [0, 0.1) is 0 Å². The molecule has 31 heavy (non-hydrogen) atoms. The number of ether oxygens (including phenoxy) is 1. The van der Waals surface area contributed by atoms with Crippen molar-refractivity contribution in [2.75, 3.05) is 41.8 Å². The maximum Gasteiger partial charge on any atom is 0.244 e. The van der Waals surface area contributed by atoms with Crippen LogP contribution in [0.25, 0.3) is 0 Å². The van der Waals surface area contributed by atoms with Gasteiger partial charge in [-0.15, -0.1) is 0 Å². The molecule has 0 aliphatic carbocycles. The summed E-state index contributed by atoms with van der Waals surface area (Å²) < 4.78 is 31.5. The number of amides is 1. The van der Waals surface area contributed by atoms with E-state index >= 15 is 0 Å². The standard InChI is InChI=1S/C22H28ClN3O4S/c1-3-21(26(31(2,28)29)20-6-4-5-18(23)15-20)22(27)24-16-17-7-9-19(10-8-17)25-11-13-30-14-12-25/h4-10,15,21H,3,11-14,16H2,1-2H3,(H,24,27). The molecular formula is C22H28ClN3O4S. The van der Waals surface area contributed by atoms with E-state index in [-0.39, 0.29) is 5.91 Å². The highest BCUT2D eigenvalue weighted by molar-refractivity contribution is 7.92. The summed E-state index contributed by atoms with van der Waals surface area (Å²) in [6, 6.07) is 13.6. The Morgan fingerprint density at radius 1 is 1.19 bits per heavy atom. The number of hydrogen-bond acceptors (Lipinski definition) is 5. The molecule has 1 saturated heterocycles. The minimum Gasteiger partial charge on any atom is -0.378 e. The number of nitrogens with one attached hydrogen (secondary N) is 1. The van der Waals surface area contributed by atoms with E-state index in [0.29, 0.717) is 23.7 Å². The summed E-state index contributed by atoms with van der Waals surface area (Å²) in [5, 5.41) is 3.28. The van der Waals surface area contributed by atoms with E-state index in [1.54, 1.807) is 31.2 Å². The van der Waals surface area contributed by atoms with Crippen molar-refractivity contribution in [3.8, 4) is 0 Å². The molecule has 0 radical (unpaired) electrons. The molecule has 1 amide bonds. The van der Waals surface area contributed by atoms with Crippen LogP contribution in [0.3, 0.4) is 0 Å². The van der Waals surface area contributed by atoms with E-state index in [1.807, 2.05) is 24.3 Å². The molecule has 0 bridgehead atoms. The van der Waals surface area contributed by atoms with Gasteiger partial charge in [0.05, 0.1) is 25.2 Å². The molecule has 1 unspecified atom stereocenters. The lowest BCUT2D eigenvalue weighted by atomic mass is 10.1. The Bertz CT molecular complexity index is 992. The van der Waals surface area contributed by atoms with Crippen LogP contribution in [0.5, 0.6) is 0 Å². The van der Waals surface area contributed by atoms with Crippen LogP contribution >= 0.6 is 11.6 Å².